The van der Waals surface area contributed by atoms with Gasteiger partial charge in [0.15, 0.2) is 4.47 Å². The van der Waals surface area contributed by atoms with E-state index in [-0.39, 0.29) is 0 Å². The number of hydrogen-bond acceptors (Lipinski definition) is 5. The number of aliphatic carboxylic acids is 1. The molecule has 0 saturated carbocycles. The van der Waals surface area contributed by atoms with Crippen LogP contribution in [0.3, 0.4) is 0 Å². The van der Waals surface area contributed by atoms with Crippen molar-refractivity contribution in [1.82, 2.24) is 4.98 Å². The second kappa shape index (κ2) is 6.36. The highest BCUT2D eigenvalue weighted by atomic mass is 35.5. The van der Waals surface area contributed by atoms with E-state index in [9.17, 15) is 9.59 Å². The second-order valence-electron chi connectivity index (χ2n) is 3.77. The standard InChI is InChI=1S/C12H10ClN3O3S/c13-12-15-6-9(20-12)5-14-7-2-1-3-8(4-7)16-10(17)11(18)19/h1-4,6,14H,5H2,(H,16,17)(H,18,19). The maximum atomic E-state index is 11.1. The molecule has 2 rings (SSSR count). The van der Waals surface area contributed by atoms with Crippen LogP contribution in [-0.2, 0) is 16.1 Å². The van der Waals surface area contributed by atoms with Crippen LogP contribution in [-0.4, -0.2) is 22.0 Å². The van der Waals surface area contributed by atoms with Crippen LogP contribution in [0, 0.1) is 0 Å². The number of amides is 1. The number of anilines is 2. The Kier molecular flexibility index (Phi) is 4.54. The minimum atomic E-state index is -1.53. The first kappa shape index (κ1) is 14.3. The van der Waals surface area contributed by atoms with Gasteiger partial charge >= 0.3 is 11.9 Å². The third-order valence-corrected chi connectivity index (χ3v) is 3.42. The summed E-state index contributed by atoms with van der Waals surface area (Å²) in [6.07, 6.45) is 1.68. The first-order valence-electron chi connectivity index (χ1n) is 5.53. The third-order valence-electron chi connectivity index (χ3n) is 2.31. The number of thiazole rings is 1. The molecular weight excluding hydrogens is 302 g/mol. The largest absolute Gasteiger partial charge is 0.474 e. The minimum Gasteiger partial charge on any atom is -0.474 e. The Morgan fingerprint density at radius 3 is 2.75 bits per heavy atom. The number of hydrogen-bond donors (Lipinski definition) is 3. The van der Waals surface area contributed by atoms with Crippen LogP contribution in [0.2, 0.25) is 4.47 Å². The lowest BCUT2D eigenvalue weighted by molar-refractivity contribution is -0.147. The van der Waals surface area contributed by atoms with Crippen LogP contribution < -0.4 is 10.6 Å². The number of benzene rings is 1. The van der Waals surface area contributed by atoms with Crippen molar-refractivity contribution in [3.8, 4) is 0 Å². The number of nitrogens with one attached hydrogen (secondary N) is 2. The number of halogens is 1. The number of carbonyl (C=O) groups excluding carboxylic acids is 1. The summed E-state index contributed by atoms with van der Waals surface area (Å²) in [6, 6.07) is 6.76. The molecule has 3 N–H and O–H groups in total. The summed E-state index contributed by atoms with van der Waals surface area (Å²) in [5.74, 6) is -2.60. The van der Waals surface area contributed by atoms with Gasteiger partial charge in [-0.3, -0.25) is 4.79 Å². The molecule has 1 heterocycles. The lowest BCUT2D eigenvalue weighted by Gasteiger charge is -2.07. The number of nitrogens with zero attached hydrogens (tertiary/aromatic N) is 1. The highest BCUT2D eigenvalue weighted by molar-refractivity contribution is 7.15. The second-order valence-corrected chi connectivity index (χ2v) is 5.47. The predicted molar refractivity (Wildman–Crippen MR) is 77.2 cm³/mol. The van der Waals surface area contributed by atoms with E-state index in [1.807, 2.05) is 0 Å². The van der Waals surface area contributed by atoms with E-state index in [2.05, 4.69) is 15.6 Å². The van der Waals surface area contributed by atoms with Crippen molar-refractivity contribution in [3.63, 3.8) is 0 Å². The molecule has 8 heteroatoms. The molecule has 0 saturated heterocycles. The molecule has 6 nitrogen and oxygen atoms in total. The van der Waals surface area contributed by atoms with Crippen molar-refractivity contribution in [2.24, 2.45) is 0 Å². The van der Waals surface area contributed by atoms with E-state index in [1.54, 1.807) is 30.5 Å². The smallest absolute Gasteiger partial charge is 0.394 e. The number of carboxylic acids is 1. The molecule has 0 radical (unpaired) electrons. The zero-order valence-corrected chi connectivity index (χ0v) is 11.7. The average Bonchev–Trinajstić information content (AvgIpc) is 2.82. The molecule has 0 aliphatic heterocycles. The quantitative estimate of drug-likeness (QED) is 0.754. The Labute approximate surface area is 123 Å². The molecule has 1 amide bonds. The summed E-state index contributed by atoms with van der Waals surface area (Å²) in [7, 11) is 0. The normalized spacial score (nSPS) is 10.1. The molecular formula is C12H10ClN3O3S. The summed E-state index contributed by atoms with van der Waals surface area (Å²) < 4.78 is 0.476. The Balaban J connectivity index is 1.99. The van der Waals surface area contributed by atoms with Gasteiger partial charge in [0, 0.05) is 22.4 Å². The molecule has 0 spiro atoms. The number of carbonyl (C=O) groups is 2. The third kappa shape index (κ3) is 3.94. The molecule has 0 fully saturated rings. The molecule has 0 aliphatic carbocycles. The van der Waals surface area contributed by atoms with Gasteiger partial charge in [-0.15, -0.1) is 11.3 Å². The van der Waals surface area contributed by atoms with Crippen LogP contribution in [0.25, 0.3) is 0 Å². The maximum Gasteiger partial charge on any atom is 0.394 e. The Morgan fingerprint density at radius 1 is 1.35 bits per heavy atom. The molecule has 0 aliphatic rings. The first-order chi connectivity index (χ1) is 9.54. The molecule has 0 atom stereocenters. The highest BCUT2D eigenvalue weighted by Gasteiger charge is 2.11. The summed E-state index contributed by atoms with van der Waals surface area (Å²) in [5, 5.41) is 13.9. The molecule has 0 unspecified atom stereocenters. The van der Waals surface area contributed by atoms with Crippen LogP contribution in [0.5, 0.6) is 0 Å². The lowest BCUT2D eigenvalue weighted by Crippen LogP contribution is -2.21. The number of aromatic nitrogens is 1. The molecule has 1 aromatic heterocycles. The maximum absolute atomic E-state index is 11.1. The van der Waals surface area contributed by atoms with E-state index >= 15 is 0 Å². The summed E-state index contributed by atoms with van der Waals surface area (Å²) >= 11 is 7.10. The van der Waals surface area contributed by atoms with Gasteiger partial charge in [0.2, 0.25) is 0 Å². The van der Waals surface area contributed by atoms with Gasteiger partial charge in [-0.25, -0.2) is 9.78 Å². The Hall–Kier alpha value is -2.12. The Morgan fingerprint density at radius 2 is 2.10 bits per heavy atom. The van der Waals surface area contributed by atoms with Crippen molar-refractivity contribution in [1.29, 1.82) is 0 Å². The zero-order chi connectivity index (χ0) is 14.5. The van der Waals surface area contributed by atoms with Crippen molar-refractivity contribution in [2.45, 2.75) is 6.54 Å². The number of rotatable bonds is 4. The molecule has 1 aromatic carbocycles. The van der Waals surface area contributed by atoms with E-state index < -0.39 is 11.9 Å². The summed E-state index contributed by atoms with van der Waals surface area (Å²) in [4.78, 5) is 26.4. The minimum absolute atomic E-state index is 0.407. The van der Waals surface area contributed by atoms with Gasteiger partial charge in [0.05, 0.1) is 6.54 Å². The van der Waals surface area contributed by atoms with Gasteiger partial charge in [-0.1, -0.05) is 17.7 Å². The van der Waals surface area contributed by atoms with Gasteiger partial charge < -0.3 is 15.7 Å². The topological polar surface area (TPSA) is 91.3 Å². The Bertz CT molecular complexity index is 644. The number of carboxylic acid groups (broad SMARTS) is 1. The molecule has 2 aromatic rings. The lowest BCUT2D eigenvalue weighted by atomic mass is 10.2. The van der Waals surface area contributed by atoms with E-state index in [4.69, 9.17) is 16.7 Å². The van der Waals surface area contributed by atoms with Gasteiger partial charge in [-0.05, 0) is 18.2 Å². The summed E-state index contributed by atoms with van der Waals surface area (Å²) in [5.41, 5.74) is 1.16. The molecule has 20 heavy (non-hydrogen) atoms. The molecule has 0 bridgehead atoms. The monoisotopic (exact) mass is 311 g/mol. The van der Waals surface area contributed by atoms with Crippen LogP contribution in [0.4, 0.5) is 11.4 Å². The average molecular weight is 312 g/mol. The van der Waals surface area contributed by atoms with E-state index in [1.165, 1.54) is 11.3 Å². The van der Waals surface area contributed by atoms with Crippen molar-refractivity contribution in [2.75, 3.05) is 10.6 Å². The van der Waals surface area contributed by atoms with Gasteiger partial charge in [-0.2, -0.15) is 0 Å². The van der Waals surface area contributed by atoms with Crippen molar-refractivity contribution >= 4 is 46.2 Å². The van der Waals surface area contributed by atoms with E-state index in [0.717, 1.165) is 10.6 Å². The van der Waals surface area contributed by atoms with Gasteiger partial charge in [0.1, 0.15) is 0 Å². The van der Waals surface area contributed by atoms with Crippen LogP contribution >= 0.6 is 22.9 Å². The fourth-order valence-corrected chi connectivity index (χ4v) is 2.36. The fraction of sp³-hybridized carbons (Fsp3) is 0.0833. The van der Waals surface area contributed by atoms with Crippen molar-refractivity contribution in [3.05, 3.63) is 39.8 Å². The van der Waals surface area contributed by atoms with Gasteiger partial charge in [0.25, 0.3) is 0 Å². The first-order valence-corrected chi connectivity index (χ1v) is 6.72. The predicted octanol–water partition coefficient (Wildman–Crippen LogP) is 2.43. The van der Waals surface area contributed by atoms with Crippen molar-refractivity contribution < 1.29 is 14.7 Å². The molecule has 104 valence electrons. The van der Waals surface area contributed by atoms with Crippen LogP contribution in [0.15, 0.2) is 30.5 Å². The van der Waals surface area contributed by atoms with Crippen LogP contribution in [0.1, 0.15) is 4.88 Å². The SMILES string of the molecule is O=C(O)C(=O)Nc1cccc(NCc2cnc(Cl)s2)c1. The zero-order valence-electron chi connectivity index (χ0n) is 10.1. The fourth-order valence-electron chi connectivity index (χ4n) is 1.45. The summed E-state index contributed by atoms with van der Waals surface area (Å²) in [6.45, 7) is 0.542. The highest BCUT2D eigenvalue weighted by Crippen LogP contribution is 2.20. The van der Waals surface area contributed by atoms with E-state index in [0.29, 0.717) is 16.7 Å².